The summed E-state index contributed by atoms with van der Waals surface area (Å²) >= 11 is 0. The molecule has 178 valence electrons. The van der Waals surface area contributed by atoms with Crippen LogP contribution in [0.3, 0.4) is 0 Å². The average Bonchev–Trinajstić information content (AvgIpc) is 3.43. The Hall–Kier alpha value is -3.46. The number of carbonyl (C=O) groups excluding carboxylic acids is 2. The summed E-state index contributed by atoms with van der Waals surface area (Å²) in [6, 6.07) is 16.6. The molecule has 0 saturated carbocycles. The summed E-state index contributed by atoms with van der Waals surface area (Å²) in [5.41, 5.74) is 3.34. The summed E-state index contributed by atoms with van der Waals surface area (Å²) in [5, 5.41) is 4.61. The van der Waals surface area contributed by atoms with Crippen molar-refractivity contribution >= 4 is 21.7 Å². The third-order valence-electron chi connectivity index (χ3n) is 5.92. The highest BCUT2D eigenvalue weighted by molar-refractivity contribution is 7.91. The van der Waals surface area contributed by atoms with Gasteiger partial charge >= 0.3 is 5.97 Å². The Labute approximate surface area is 199 Å². The van der Waals surface area contributed by atoms with E-state index in [9.17, 15) is 18.0 Å². The molecule has 1 atom stereocenters. The van der Waals surface area contributed by atoms with E-state index in [1.807, 2.05) is 61.5 Å². The van der Waals surface area contributed by atoms with Crippen LogP contribution < -0.4 is 0 Å². The number of benzene rings is 2. The van der Waals surface area contributed by atoms with Crippen LogP contribution in [0.4, 0.5) is 0 Å². The van der Waals surface area contributed by atoms with Crippen molar-refractivity contribution in [3.8, 4) is 16.9 Å². The van der Waals surface area contributed by atoms with Gasteiger partial charge in [-0.25, -0.2) is 17.9 Å². The van der Waals surface area contributed by atoms with Crippen LogP contribution in [-0.2, 0) is 19.4 Å². The largest absolute Gasteiger partial charge is 0.452 e. The molecule has 1 aliphatic rings. The average molecular weight is 482 g/mol. The molecule has 1 aromatic heterocycles. The fraction of sp³-hybridized carbons (Fsp3) is 0.320. The maximum absolute atomic E-state index is 13.0. The topological polar surface area (TPSA) is 98.6 Å². The lowest BCUT2D eigenvalue weighted by Gasteiger charge is -2.26. The molecular weight excluding hydrogens is 454 g/mol. The minimum atomic E-state index is -3.13. The molecule has 4 rings (SSSR count). The van der Waals surface area contributed by atoms with Crippen molar-refractivity contribution in [3.63, 3.8) is 0 Å². The van der Waals surface area contributed by atoms with Crippen molar-refractivity contribution in [1.82, 2.24) is 14.7 Å². The Morgan fingerprint density at radius 2 is 1.82 bits per heavy atom. The van der Waals surface area contributed by atoms with E-state index in [1.165, 1.54) is 4.90 Å². The Bertz CT molecular complexity index is 1280. The maximum Gasteiger partial charge on any atom is 0.342 e. The van der Waals surface area contributed by atoms with E-state index in [-0.39, 0.29) is 23.1 Å². The van der Waals surface area contributed by atoms with E-state index >= 15 is 0 Å². The number of likely N-dealkylation sites (N-methyl/N-ethyl adjacent to an activating group) is 1. The molecule has 1 amide bonds. The second-order valence-electron chi connectivity index (χ2n) is 8.35. The van der Waals surface area contributed by atoms with Gasteiger partial charge in [0.05, 0.1) is 17.2 Å². The fourth-order valence-electron chi connectivity index (χ4n) is 4.11. The number of hydrogen-bond acceptors (Lipinski definition) is 6. The van der Waals surface area contributed by atoms with Gasteiger partial charge in [0.1, 0.15) is 11.3 Å². The van der Waals surface area contributed by atoms with Crippen LogP contribution in [0.25, 0.3) is 16.9 Å². The minimum Gasteiger partial charge on any atom is -0.452 e. The Morgan fingerprint density at radius 3 is 2.44 bits per heavy atom. The van der Waals surface area contributed by atoms with E-state index in [1.54, 1.807) is 17.8 Å². The van der Waals surface area contributed by atoms with Gasteiger partial charge in [-0.1, -0.05) is 48.0 Å². The summed E-state index contributed by atoms with van der Waals surface area (Å²) in [7, 11) is -3.13. The SMILES string of the molecule is CCN(C(=O)COC(=O)c1cn(-c2ccc(C)cc2)nc1-c1ccccc1)C1CCS(=O)(=O)C1. The summed E-state index contributed by atoms with van der Waals surface area (Å²) in [4.78, 5) is 27.3. The number of nitrogens with zero attached hydrogens (tertiary/aromatic N) is 3. The monoisotopic (exact) mass is 481 g/mol. The molecule has 1 aliphatic heterocycles. The third-order valence-corrected chi connectivity index (χ3v) is 7.67. The molecule has 9 heteroatoms. The zero-order valence-corrected chi connectivity index (χ0v) is 20.0. The molecule has 0 spiro atoms. The zero-order valence-electron chi connectivity index (χ0n) is 19.2. The van der Waals surface area contributed by atoms with Gasteiger partial charge in [0.25, 0.3) is 5.91 Å². The number of aromatic nitrogens is 2. The molecule has 0 N–H and O–H groups in total. The lowest BCUT2D eigenvalue weighted by atomic mass is 10.1. The van der Waals surface area contributed by atoms with Gasteiger partial charge in [-0.05, 0) is 32.4 Å². The van der Waals surface area contributed by atoms with Crippen molar-refractivity contribution in [2.75, 3.05) is 24.7 Å². The number of sulfone groups is 1. The molecule has 0 bridgehead atoms. The first-order valence-corrected chi connectivity index (χ1v) is 13.0. The highest BCUT2D eigenvalue weighted by Gasteiger charge is 2.34. The highest BCUT2D eigenvalue weighted by atomic mass is 32.2. The highest BCUT2D eigenvalue weighted by Crippen LogP contribution is 2.25. The van der Waals surface area contributed by atoms with E-state index in [0.717, 1.165) is 16.8 Å². The minimum absolute atomic E-state index is 0.0536. The summed E-state index contributed by atoms with van der Waals surface area (Å²) in [6.45, 7) is 3.65. The van der Waals surface area contributed by atoms with Gasteiger partial charge in [0.2, 0.25) is 0 Å². The number of rotatable bonds is 7. The first kappa shape index (κ1) is 23.7. The molecule has 1 unspecified atom stereocenters. The van der Waals surface area contributed by atoms with E-state index in [4.69, 9.17) is 4.74 Å². The molecular formula is C25H27N3O5S. The van der Waals surface area contributed by atoms with Crippen molar-refractivity contribution in [1.29, 1.82) is 0 Å². The number of aryl methyl sites for hydroxylation is 1. The van der Waals surface area contributed by atoms with Gasteiger partial charge in [0, 0.05) is 24.3 Å². The lowest BCUT2D eigenvalue weighted by molar-refractivity contribution is -0.136. The van der Waals surface area contributed by atoms with Gasteiger partial charge in [-0.15, -0.1) is 0 Å². The van der Waals surface area contributed by atoms with Crippen LogP contribution in [0.5, 0.6) is 0 Å². The van der Waals surface area contributed by atoms with Crippen LogP contribution in [-0.4, -0.2) is 65.7 Å². The normalized spacial score (nSPS) is 16.8. The number of carbonyl (C=O) groups is 2. The Balaban J connectivity index is 1.55. The van der Waals surface area contributed by atoms with E-state index < -0.39 is 28.3 Å². The van der Waals surface area contributed by atoms with Crippen LogP contribution in [0.1, 0.15) is 29.3 Å². The molecule has 1 saturated heterocycles. The number of esters is 1. The quantitative estimate of drug-likeness (QED) is 0.481. The van der Waals surface area contributed by atoms with Crippen molar-refractivity contribution < 1.29 is 22.7 Å². The number of hydrogen-bond donors (Lipinski definition) is 0. The molecule has 2 heterocycles. The Morgan fingerprint density at radius 1 is 1.12 bits per heavy atom. The molecule has 0 radical (unpaired) electrons. The van der Waals surface area contributed by atoms with Gasteiger partial charge in [0.15, 0.2) is 16.4 Å². The Kier molecular flexibility index (Phi) is 6.83. The predicted octanol–water partition coefficient (Wildman–Crippen LogP) is 3.04. The van der Waals surface area contributed by atoms with Gasteiger partial charge < -0.3 is 9.64 Å². The molecule has 8 nitrogen and oxygen atoms in total. The van der Waals surface area contributed by atoms with Crippen molar-refractivity contribution in [2.45, 2.75) is 26.3 Å². The predicted molar refractivity (Wildman–Crippen MR) is 128 cm³/mol. The second-order valence-corrected chi connectivity index (χ2v) is 10.6. The van der Waals surface area contributed by atoms with Crippen molar-refractivity contribution in [2.24, 2.45) is 0 Å². The molecule has 3 aromatic rings. The zero-order chi connectivity index (χ0) is 24.3. The molecule has 0 aliphatic carbocycles. The standard InChI is InChI=1S/C25H27N3O5S/c1-3-27(21-13-14-34(31,32)17-21)23(29)16-33-25(30)22-15-28(20-11-9-18(2)10-12-20)26-24(22)19-7-5-4-6-8-19/h4-12,15,21H,3,13-14,16-17H2,1-2H3. The van der Waals surface area contributed by atoms with Crippen LogP contribution in [0.2, 0.25) is 0 Å². The molecule has 2 aromatic carbocycles. The first-order chi connectivity index (χ1) is 16.3. The van der Waals surface area contributed by atoms with Crippen molar-refractivity contribution in [3.05, 3.63) is 71.9 Å². The summed E-state index contributed by atoms with van der Waals surface area (Å²) in [6.07, 6.45) is 2.00. The number of amides is 1. The summed E-state index contributed by atoms with van der Waals surface area (Å²) in [5.74, 6) is -1.06. The van der Waals surface area contributed by atoms with Crippen LogP contribution in [0.15, 0.2) is 60.8 Å². The van der Waals surface area contributed by atoms with Gasteiger partial charge in [-0.2, -0.15) is 5.10 Å². The summed E-state index contributed by atoms with van der Waals surface area (Å²) < 4.78 is 30.6. The molecule has 34 heavy (non-hydrogen) atoms. The fourth-order valence-corrected chi connectivity index (χ4v) is 5.84. The third kappa shape index (κ3) is 5.20. The van der Waals surface area contributed by atoms with E-state index in [0.29, 0.717) is 18.7 Å². The van der Waals surface area contributed by atoms with Crippen LogP contribution >= 0.6 is 0 Å². The van der Waals surface area contributed by atoms with E-state index in [2.05, 4.69) is 5.10 Å². The maximum atomic E-state index is 13.0. The van der Waals surface area contributed by atoms with Crippen LogP contribution in [0, 0.1) is 6.92 Å². The number of ether oxygens (including phenoxy) is 1. The molecule has 1 fully saturated rings. The smallest absolute Gasteiger partial charge is 0.342 e. The van der Waals surface area contributed by atoms with Gasteiger partial charge in [-0.3, -0.25) is 4.79 Å². The lowest BCUT2D eigenvalue weighted by Crippen LogP contribution is -2.43. The first-order valence-electron chi connectivity index (χ1n) is 11.2. The second kappa shape index (κ2) is 9.80.